The van der Waals surface area contributed by atoms with Crippen LogP contribution in [0.1, 0.15) is 33.1 Å². The fourth-order valence-electron chi connectivity index (χ4n) is 1.08. The van der Waals surface area contributed by atoms with E-state index >= 15 is 0 Å². The molecule has 5 nitrogen and oxygen atoms in total. The van der Waals surface area contributed by atoms with Crippen LogP contribution in [0.2, 0.25) is 0 Å². The smallest absolute Gasteiger partial charge is 0.303 e. The average Bonchev–Trinajstić information content (AvgIpc) is 2.30. The monoisotopic (exact) mass is 253 g/mol. The van der Waals surface area contributed by atoms with Crippen molar-refractivity contribution in [2.24, 2.45) is 0 Å². The molecule has 100 valence electrons. The Balaban J connectivity index is 0.000000360. The van der Waals surface area contributed by atoms with E-state index in [2.05, 4.69) is 5.32 Å². The highest BCUT2D eigenvalue weighted by molar-refractivity contribution is 5.88. The first-order valence-electron chi connectivity index (χ1n) is 5.74. The summed E-state index contributed by atoms with van der Waals surface area (Å²) < 4.78 is 0. The zero-order chi connectivity index (χ0) is 14.0. The van der Waals surface area contributed by atoms with Gasteiger partial charge in [0.1, 0.15) is 5.75 Å². The minimum absolute atomic E-state index is 0.115. The normalized spacial score (nSPS) is 9.00. The van der Waals surface area contributed by atoms with E-state index in [1.165, 1.54) is 19.1 Å². The fourth-order valence-corrected chi connectivity index (χ4v) is 1.08. The Morgan fingerprint density at radius 3 is 2.11 bits per heavy atom. The van der Waals surface area contributed by atoms with E-state index in [1.54, 1.807) is 12.1 Å². The molecule has 0 aliphatic rings. The molecule has 0 heterocycles. The van der Waals surface area contributed by atoms with Gasteiger partial charge in [-0.25, -0.2) is 0 Å². The van der Waals surface area contributed by atoms with Crippen LogP contribution in [0.15, 0.2) is 24.3 Å². The number of phenols is 1. The largest absolute Gasteiger partial charge is 0.508 e. The predicted molar refractivity (Wildman–Crippen MR) is 69.6 cm³/mol. The molecule has 0 saturated carbocycles. The van der Waals surface area contributed by atoms with Crippen molar-refractivity contribution in [3.63, 3.8) is 0 Å². The summed E-state index contributed by atoms with van der Waals surface area (Å²) in [4.78, 5) is 20.3. The number of carboxylic acids is 1. The van der Waals surface area contributed by atoms with Gasteiger partial charge in [-0.2, -0.15) is 0 Å². The van der Waals surface area contributed by atoms with Gasteiger partial charge in [-0.15, -0.1) is 0 Å². The Labute approximate surface area is 106 Å². The lowest BCUT2D eigenvalue weighted by Crippen LogP contribution is -2.04. The van der Waals surface area contributed by atoms with Crippen molar-refractivity contribution in [1.82, 2.24) is 0 Å². The highest BCUT2D eigenvalue weighted by Gasteiger charge is 1.93. The van der Waals surface area contributed by atoms with Crippen LogP contribution >= 0.6 is 0 Å². The molecular formula is C13H19NO4. The second kappa shape index (κ2) is 9.04. The highest BCUT2D eigenvalue weighted by atomic mass is 16.4. The molecule has 5 heteroatoms. The molecule has 1 aromatic rings. The van der Waals surface area contributed by atoms with Gasteiger partial charge in [-0.05, 0) is 30.7 Å². The van der Waals surface area contributed by atoms with Crippen molar-refractivity contribution in [2.75, 3.05) is 5.32 Å². The minimum Gasteiger partial charge on any atom is -0.508 e. The molecule has 0 aromatic heterocycles. The van der Waals surface area contributed by atoms with Crippen LogP contribution in [-0.4, -0.2) is 22.1 Å². The molecule has 18 heavy (non-hydrogen) atoms. The average molecular weight is 253 g/mol. The lowest BCUT2D eigenvalue weighted by atomic mass is 10.3. The van der Waals surface area contributed by atoms with Crippen LogP contribution in [0.3, 0.4) is 0 Å². The summed E-state index contributed by atoms with van der Waals surface area (Å²) in [7, 11) is 0. The number of aromatic hydroxyl groups is 1. The van der Waals surface area contributed by atoms with Crippen LogP contribution < -0.4 is 5.32 Å². The number of carboxylic acid groups (broad SMARTS) is 1. The van der Waals surface area contributed by atoms with Crippen molar-refractivity contribution >= 4 is 17.6 Å². The maximum Gasteiger partial charge on any atom is 0.303 e. The van der Waals surface area contributed by atoms with E-state index < -0.39 is 5.97 Å². The Morgan fingerprint density at radius 2 is 1.78 bits per heavy atom. The SMILES string of the molecule is CC(=O)Nc1ccc(O)cc1.CCCCC(=O)O. The van der Waals surface area contributed by atoms with Gasteiger partial charge >= 0.3 is 5.97 Å². The number of hydrogen-bond donors (Lipinski definition) is 3. The molecule has 0 radical (unpaired) electrons. The van der Waals surface area contributed by atoms with E-state index in [0.717, 1.165) is 12.8 Å². The number of aliphatic carboxylic acids is 1. The number of rotatable bonds is 4. The van der Waals surface area contributed by atoms with Gasteiger partial charge in [0.15, 0.2) is 0 Å². The molecule has 0 spiro atoms. The molecule has 0 aliphatic heterocycles. The van der Waals surface area contributed by atoms with Gasteiger partial charge in [0.2, 0.25) is 5.91 Å². The first-order valence-corrected chi connectivity index (χ1v) is 5.74. The summed E-state index contributed by atoms with van der Waals surface area (Å²) >= 11 is 0. The van der Waals surface area contributed by atoms with Gasteiger partial charge in [0.05, 0.1) is 0 Å². The van der Waals surface area contributed by atoms with Crippen molar-refractivity contribution in [3.8, 4) is 5.75 Å². The topological polar surface area (TPSA) is 86.6 Å². The third kappa shape index (κ3) is 9.21. The number of carbonyl (C=O) groups excluding carboxylic acids is 1. The summed E-state index contributed by atoms with van der Waals surface area (Å²) in [6.45, 7) is 3.41. The number of nitrogens with one attached hydrogen (secondary N) is 1. The number of unbranched alkanes of at least 4 members (excludes halogenated alkanes) is 1. The van der Waals surface area contributed by atoms with E-state index in [4.69, 9.17) is 10.2 Å². The third-order valence-corrected chi connectivity index (χ3v) is 1.93. The van der Waals surface area contributed by atoms with Crippen molar-refractivity contribution < 1.29 is 19.8 Å². The number of carbonyl (C=O) groups is 2. The Morgan fingerprint density at radius 1 is 1.22 bits per heavy atom. The fraction of sp³-hybridized carbons (Fsp3) is 0.385. The van der Waals surface area contributed by atoms with E-state index in [-0.39, 0.29) is 11.7 Å². The third-order valence-electron chi connectivity index (χ3n) is 1.93. The maximum absolute atomic E-state index is 10.5. The summed E-state index contributed by atoms with van der Waals surface area (Å²) in [5.41, 5.74) is 0.690. The van der Waals surface area contributed by atoms with Gasteiger partial charge in [-0.3, -0.25) is 9.59 Å². The van der Waals surface area contributed by atoms with Crippen LogP contribution in [0.25, 0.3) is 0 Å². The van der Waals surface area contributed by atoms with Crippen molar-refractivity contribution in [2.45, 2.75) is 33.1 Å². The van der Waals surface area contributed by atoms with Crippen LogP contribution in [-0.2, 0) is 9.59 Å². The number of phenolic OH excluding ortho intramolecular Hbond substituents is 1. The zero-order valence-corrected chi connectivity index (χ0v) is 10.6. The van der Waals surface area contributed by atoms with Gasteiger partial charge < -0.3 is 15.5 Å². The van der Waals surface area contributed by atoms with Crippen LogP contribution in [0.5, 0.6) is 5.75 Å². The summed E-state index contributed by atoms with van der Waals surface area (Å²) in [5.74, 6) is -0.614. The standard InChI is InChI=1S/C8H9NO2.C5H10O2/c1-6(10)9-7-2-4-8(11)5-3-7;1-2-3-4-5(6)7/h2-5,11H,1H3,(H,9,10);2-4H2,1H3,(H,6,7). The second-order valence-electron chi connectivity index (χ2n) is 3.73. The molecule has 0 aliphatic carbocycles. The Kier molecular flexibility index (Phi) is 8.01. The molecule has 0 atom stereocenters. The van der Waals surface area contributed by atoms with Gasteiger partial charge in [0, 0.05) is 19.0 Å². The van der Waals surface area contributed by atoms with Crippen molar-refractivity contribution in [3.05, 3.63) is 24.3 Å². The highest BCUT2D eigenvalue weighted by Crippen LogP contribution is 2.13. The molecule has 0 fully saturated rings. The van der Waals surface area contributed by atoms with Gasteiger partial charge in [-0.1, -0.05) is 13.3 Å². The molecule has 1 aromatic carbocycles. The van der Waals surface area contributed by atoms with Gasteiger partial charge in [0.25, 0.3) is 0 Å². The molecule has 0 bridgehead atoms. The number of amides is 1. The zero-order valence-electron chi connectivity index (χ0n) is 10.6. The second-order valence-corrected chi connectivity index (χ2v) is 3.73. The first kappa shape index (κ1) is 16.0. The molecule has 1 rings (SSSR count). The maximum atomic E-state index is 10.5. The van der Waals surface area contributed by atoms with E-state index in [0.29, 0.717) is 12.1 Å². The van der Waals surface area contributed by atoms with E-state index in [1.807, 2.05) is 6.92 Å². The predicted octanol–water partition coefficient (Wildman–Crippen LogP) is 2.61. The molecule has 3 N–H and O–H groups in total. The number of anilines is 1. The Hall–Kier alpha value is -2.04. The Bertz CT molecular complexity index is 373. The first-order chi connectivity index (χ1) is 8.45. The van der Waals surface area contributed by atoms with E-state index in [9.17, 15) is 9.59 Å². The number of benzene rings is 1. The number of hydrogen-bond acceptors (Lipinski definition) is 3. The minimum atomic E-state index is -0.693. The summed E-state index contributed by atoms with van der Waals surface area (Å²) in [5, 5.41) is 19.5. The lowest BCUT2D eigenvalue weighted by Gasteiger charge is -1.99. The summed E-state index contributed by atoms with van der Waals surface area (Å²) in [6.07, 6.45) is 2.08. The molecular weight excluding hydrogens is 234 g/mol. The summed E-state index contributed by atoms with van der Waals surface area (Å²) in [6, 6.07) is 6.31. The van der Waals surface area contributed by atoms with Crippen LogP contribution in [0, 0.1) is 0 Å². The molecule has 0 saturated heterocycles. The van der Waals surface area contributed by atoms with Crippen molar-refractivity contribution in [1.29, 1.82) is 0 Å². The van der Waals surface area contributed by atoms with Crippen LogP contribution in [0.4, 0.5) is 5.69 Å². The molecule has 0 unspecified atom stereocenters. The molecule has 1 amide bonds. The quantitative estimate of drug-likeness (QED) is 0.720. The lowest BCUT2D eigenvalue weighted by molar-refractivity contribution is -0.137.